The van der Waals surface area contributed by atoms with Gasteiger partial charge in [0.2, 0.25) is 0 Å². The molecule has 0 saturated heterocycles. The summed E-state index contributed by atoms with van der Waals surface area (Å²) in [6, 6.07) is 4.60. The van der Waals surface area contributed by atoms with Crippen molar-refractivity contribution >= 4 is 31.9 Å². The maximum Gasteiger partial charge on any atom is 0.125 e. The first kappa shape index (κ1) is 11.1. The Kier molecular flexibility index (Phi) is 5.78. The highest BCUT2D eigenvalue weighted by molar-refractivity contribution is 9.11. The predicted molar refractivity (Wildman–Crippen MR) is 53.1 cm³/mol. The first-order chi connectivity index (χ1) is 5.18. The zero-order valence-corrected chi connectivity index (χ0v) is 9.54. The van der Waals surface area contributed by atoms with Crippen LogP contribution in [0.3, 0.4) is 0 Å². The van der Waals surface area contributed by atoms with E-state index in [-0.39, 0.29) is 5.82 Å². The van der Waals surface area contributed by atoms with Crippen LogP contribution in [0.2, 0.25) is 0 Å². The van der Waals surface area contributed by atoms with E-state index in [1.54, 1.807) is 6.07 Å². The Morgan fingerprint density at radius 2 is 1.36 bits per heavy atom. The van der Waals surface area contributed by atoms with Gasteiger partial charge in [0.1, 0.15) is 5.82 Å². The zero-order chi connectivity index (χ0) is 8.85. The molecular weight excluding hydrogens is 275 g/mol. The summed E-state index contributed by atoms with van der Waals surface area (Å²) in [6.07, 6.45) is 0. The molecule has 1 aromatic carbocycles. The van der Waals surface area contributed by atoms with Crippen molar-refractivity contribution in [1.29, 1.82) is 0 Å². The molecule has 0 nitrogen and oxygen atoms in total. The molecule has 0 atom stereocenters. The highest BCUT2D eigenvalue weighted by atomic mass is 79.9. The lowest BCUT2D eigenvalue weighted by atomic mass is 10.4. The summed E-state index contributed by atoms with van der Waals surface area (Å²) in [7, 11) is 0. The smallest absolute Gasteiger partial charge is 0.125 e. The molecule has 0 aliphatic heterocycles. The van der Waals surface area contributed by atoms with Crippen LogP contribution in [0.15, 0.2) is 27.1 Å². The average Bonchev–Trinajstić information content (AvgIpc) is 1.88. The van der Waals surface area contributed by atoms with E-state index in [4.69, 9.17) is 0 Å². The van der Waals surface area contributed by atoms with Gasteiger partial charge in [-0.15, -0.1) is 0 Å². The molecule has 62 valence electrons. The molecule has 0 saturated carbocycles. The molecular formula is C8H9Br2F. The molecule has 0 N–H and O–H groups in total. The molecule has 0 radical (unpaired) electrons. The van der Waals surface area contributed by atoms with E-state index in [9.17, 15) is 4.39 Å². The van der Waals surface area contributed by atoms with Gasteiger partial charge in [-0.25, -0.2) is 4.39 Å². The fourth-order valence-corrected chi connectivity index (χ4v) is 1.76. The minimum absolute atomic E-state index is 0.240. The molecule has 0 amide bonds. The van der Waals surface area contributed by atoms with Crippen molar-refractivity contribution in [3.05, 3.63) is 33.0 Å². The molecule has 0 aliphatic rings. The zero-order valence-electron chi connectivity index (χ0n) is 6.37. The van der Waals surface area contributed by atoms with Crippen molar-refractivity contribution < 1.29 is 4.39 Å². The van der Waals surface area contributed by atoms with Gasteiger partial charge in [0.25, 0.3) is 0 Å². The molecule has 1 aromatic rings. The number of hydrogen-bond donors (Lipinski definition) is 0. The van der Waals surface area contributed by atoms with Crippen LogP contribution in [-0.4, -0.2) is 0 Å². The van der Waals surface area contributed by atoms with Crippen LogP contribution in [-0.2, 0) is 0 Å². The lowest BCUT2D eigenvalue weighted by Crippen LogP contribution is -1.72. The maximum absolute atomic E-state index is 12.4. The standard InChI is InChI=1S/C6H3Br2F.C2H6/c7-4-1-5(8)3-6(9)2-4;1-2/h1-3H;1-2H3. The second-order valence-electron chi connectivity index (χ2n) is 1.59. The van der Waals surface area contributed by atoms with E-state index in [1.807, 2.05) is 13.8 Å². The van der Waals surface area contributed by atoms with Crippen molar-refractivity contribution in [3.8, 4) is 0 Å². The molecule has 0 heterocycles. The fraction of sp³-hybridized carbons (Fsp3) is 0.250. The molecule has 11 heavy (non-hydrogen) atoms. The number of rotatable bonds is 0. The quantitative estimate of drug-likeness (QED) is 0.663. The third-order valence-electron chi connectivity index (χ3n) is 0.827. The Morgan fingerprint density at radius 3 is 1.64 bits per heavy atom. The van der Waals surface area contributed by atoms with E-state index in [0.717, 1.165) is 8.95 Å². The predicted octanol–water partition coefficient (Wildman–Crippen LogP) is 4.38. The molecule has 0 fully saturated rings. The van der Waals surface area contributed by atoms with Crippen molar-refractivity contribution in [2.45, 2.75) is 13.8 Å². The van der Waals surface area contributed by atoms with Crippen LogP contribution in [0.5, 0.6) is 0 Å². The van der Waals surface area contributed by atoms with Gasteiger partial charge >= 0.3 is 0 Å². The minimum atomic E-state index is -0.240. The number of halogens is 3. The van der Waals surface area contributed by atoms with Gasteiger partial charge in [0.15, 0.2) is 0 Å². The SMILES string of the molecule is CC.Fc1cc(Br)cc(Br)c1. The summed E-state index contributed by atoms with van der Waals surface area (Å²) < 4.78 is 13.9. The summed E-state index contributed by atoms with van der Waals surface area (Å²) >= 11 is 6.29. The van der Waals surface area contributed by atoms with E-state index in [0.29, 0.717) is 0 Å². The van der Waals surface area contributed by atoms with Crippen molar-refractivity contribution in [1.82, 2.24) is 0 Å². The van der Waals surface area contributed by atoms with Gasteiger partial charge in [-0.05, 0) is 18.2 Å². The van der Waals surface area contributed by atoms with Crippen LogP contribution in [0.25, 0.3) is 0 Å². The number of benzene rings is 1. The normalized spacial score (nSPS) is 8.45. The van der Waals surface area contributed by atoms with Crippen LogP contribution in [0.1, 0.15) is 13.8 Å². The molecule has 0 aliphatic carbocycles. The average molecular weight is 284 g/mol. The van der Waals surface area contributed by atoms with Crippen molar-refractivity contribution in [3.63, 3.8) is 0 Å². The van der Waals surface area contributed by atoms with Gasteiger partial charge in [-0.1, -0.05) is 45.7 Å². The van der Waals surface area contributed by atoms with Crippen LogP contribution < -0.4 is 0 Å². The Balaban J connectivity index is 0.000000461. The van der Waals surface area contributed by atoms with Gasteiger partial charge in [0, 0.05) is 8.95 Å². The van der Waals surface area contributed by atoms with Crippen LogP contribution >= 0.6 is 31.9 Å². The van der Waals surface area contributed by atoms with E-state index < -0.39 is 0 Å². The van der Waals surface area contributed by atoms with Crippen LogP contribution in [0, 0.1) is 5.82 Å². The van der Waals surface area contributed by atoms with Gasteiger partial charge in [-0.3, -0.25) is 0 Å². The number of hydrogen-bond acceptors (Lipinski definition) is 0. The van der Waals surface area contributed by atoms with E-state index >= 15 is 0 Å². The summed E-state index contributed by atoms with van der Waals surface area (Å²) in [5, 5.41) is 0. The first-order valence-electron chi connectivity index (χ1n) is 3.30. The Hall–Kier alpha value is 0.110. The van der Waals surface area contributed by atoms with Crippen molar-refractivity contribution in [2.75, 3.05) is 0 Å². The molecule has 0 unspecified atom stereocenters. The highest BCUT2D eigenvalue weighted by Gasteiger charge is 1.93. The highest BCUT2D eigenvalue weighted by Crippen LogP contribution is 2.18. The lowest BCUT2D eigenvalue weighted by molar-refractivity contribution is 0.626. The van der Waals surface area contributed by atoms with E-state index in [1.165, 1.54) is 12.1 Å². The molecule has 0 spiro atoms. The minimum Gasteiger partial charge on any atom is -0.207 e. The molecule has 3 heteroatoms. The monoisotopic (exact) mass is 282 g/mol. The second kappa shape index (κ2) is 5.72. The topological polar surface area (TPSA) is 0 Å². The fourth-order valence-electron chi connectivity index (χ4n) is 0.520. The maximum atomic E-state index is 12.4. The van der Waals surface area contributed by atoms with Gasteiger partial charge in [-0.2, -0.15) is 0 Å². The van der Waals surface area contributed by atoms with Crippen LogP contribution in [0.4, 0.5) is 4.39 Å². The summed E-state index contributed by atoms with van der Waals surface area (Å²) in [6.45, 7) is 4.00. The van der Waals surface area contributed by atoms with Crippen molar-refractivity contribution in [2.24, 2.45) is 0 Å². The third-order valence-corrected chi connectivity index (χ3v) is 1.74. The molecule has 0 aromatic heterocycles. The van der Waals surface area contributed by atoms with Gasteiger partial charge < -0.3 is 0 Å². The van der Waals surface area contributed by atoms with E-state index in [2.05, 4.69) is 31.9 Å². The lowest BCUT2D eigenvalue weighted by Gasteiger charge is -1.91. The molecule has 1 rings (SSSR count). The first-order valence-corrected chi connectivity index (χ1v) is 4.88. The third kappa shape index (κ3) is 4.53. The summed E-state index contributed by atoms with van der Waals surface area (Å²) in [5.74, 6) is -0.240. The molecule has 0 bridgehead atoms. The summed E-state index contributed by atoms with van der Waals surface area (Å²) in [5.41, 5.74) is 0. The summed E-state index contributed by atoms with van der Waals surface area (Å²) in [4.78, 5) is 0. The van der Waals surface area contributed by atoms with Gasteiger partial charge in [0.05, 0.1) is 0 Å². The Labute approximate surface area is 83.1 Å². The Morgan fingerprint density at radius 1 is 1.00 bits per heavy atom. The second-order valence-corrected chi connectivity index (χ2v) is 3.42. The largest absolute Gasteiger partial charge is 0.207 e. The Bertz CT molecular complexity index is 173.